The largest absolute Gasteiger partial charge is 0.396 e. The number of urea groups is 1. The maximum Gasteiger partial charge on any atom is 0.315 e. The predicted molar refractivity (Wildman–Crippen MR) is 70.2 cm³/mol. The highest BCUT2D eigenvalue weighted by Gasteiger charge is 2.09. The van der Waals surface area contributed by atoms with Crippen molar-refractivity contribution in [2.75, 3.05) is 6.61 Å². The standard InChI is InChI=1S/C12H20N2O2S/c1-3-10(6-7-15)14-12(16)13-8-11-5-4-9(2)17-11/h4-5,10,15H,3,6-8H2,1-2H3,(H2,13,14,16). The van der Waals surface area contributed by atoms with E-state index < -0.39 is 0 Å². The molecule has 0 spiro atoms. The molecule has 0 fully saturated rings. The van der Waals surface area contributed by atoms with Crippen molar-refractivity contribution in [3.05, 3.63) is 21.9 Å². The highest BCUT2D eigenvalue weighted by atomic mass is 32.1. The first-order chi connectivity index (χ1) is 8.15. The first kappa shape index (κ1) is 14.0. The topological polar surface area (TPSA) is 61.4 Å². The second-order valence-electron chi connectivity index (χ2n) is 3.96. The van der Waals surface area contributed by atoms with Gasteiger partial charge in [-0.05, 0) is 31.9 Å². The van der Waals surface area contributed by atoms with E-state index in [2.05, 4.69) is 10.6 Å². The van der Waals surface area contributed by atoms with Crippen LogP contribution in [0.2, 0.25) is 0 Å². The van der Waals surface area contributed by atoms with Crippen molar-refractivity contribution in [2.45, 2.75) is 39.3 Å². The zero-order chi connectivity index (χ0) is 12.7. The highest BCUT2D eigenvalue weighted by Crippen LogP contribution is 2.14. The Morgan fingerprint density at radius 1 is 1.53 bits per heavy atom. The Labute approximate surface area is 106 Å². The molecule has 1 unspecified atom stereocenters. The smallest absolute Gasteiger partial charge is 0.315 e. The van der Waals surface area contributed by atoms with E-state index in [1.165, 1.54) is 4.88 Å². The molecule has 1 heterocycles. The minimum atomic E-state index is -0.170. The fourth-order valence-electron chi connectivity index (χ4n) is 1.52. The first-order valence-electron chi connectivity index (χ1n) is 5.86. The third kappa shape index (κ3) is 5.19. The van der Waals surface area contributed by atoms with Gasteiger partial charge in [0.1, 0.15) is 0 Å². The molecule has 1 rings (SSSR count). The molecular formula is C12H20N2O2S. The molecule has 2 amide bonds. The van der Waals surface area contributed by atoms with Crippen LogP contribution in [-0.2, 0) is 6.54 Å². The van der Waals surface area contributed by atoms with Crippen LogP contribution >= 0.6 is 11.3 Å². The Morgan fingerprint density at radius 3 is 2.82 bits per heavy atom. The lowest BCUT2D eigenvalue weighted by Gasteiger charge is -2.15. The van der Waals surface area contributed by atoms with Crippen LogP contribution in [0.1, 0.15) is 29.5 Å². The van der Waals surface area contributed by atoms with E-state index in [0.717, 1.165) is 11.3 Å². The first-order valence-corrected chi connectivity index (χ1v) is 6.68. The van der Waals surface area contributed by atoms with Crippen molar-refractivity contribution in [3.8, 4) is 0 Å². The third-order valence-corrected chi connectivity index (χ3v) is 3.53. The third-order valence-electron chi connectivity index (χ3n) is 2.52. The second-order valence-corrected chi connectivity index (χ2v) is 5.33. The molecule has 5 heteroatoms. The summed E-state index contributed by atoms with van der Waals surface area (Å²) >= 11 is 1.68. The maximum atomic E-state index is 11.6. The van der Waals surface area contributed by atoms with Gasteiger partial charge in [0.15, 0.2) is 0 Å². The minimum absolute atomic E-state index is 0.0464. The number of hydrogen-bond donors (Lipinski definition) is 3. The zero-order valence-electron chi connectivity index (χ0n) is 10.3. The zero-order valence-corrected chi connectivity index (χ0v) is 11.1. The van der Waals surface area contributed by atoms with E-state index in [0.29, 0.717) is 13.0 Å². The van der Waals surface area contributed by atoms with E-state index >= 15 is 0 Å². The van der Waals surface area contributed by atoms with Gasteiger partial charge in [-0.15, -0.1) is 11.3 Å². The Kier molecular flexibility index (Phi) is 6.00. The van der Waals surface area contributed by atoms with Gasteiger partial charge in [-0.3, -0.25) is 0 Å². The molecule has 0 aliphatic rings. The van der Waals surface area contributed by atoms with E-state index in [1.807, 2.05) is 26.0 Å². The van der Waals surface area contributed by atoms with Crippen molar-refractivity contribution in [1.82, 2.24) is 10.6 Å². The number of nitrogens with one attached hydrogen (secondary N) is 2. The highest BCUT2D eigenvalue weighted by molar-refractivity contribution is 7.11. The number of thiophene rings is 1. The molecule has 0 saturated carbocycles. The van der Waals surface area contributed by atoms with Crippen LogP contribution in [0.25, 0.3) is 0 Å². The number of hydrogen-bond acceptors (Lipinski definition) is 3. The van der Waals surface area contributed by atoms with Gasteiger partial charge in [-0.1, -0.05) is 6.92 Å². The molecule has 3 N–H and O–H groups in total. The Hall–Kier alpha value is -1.07. The molecule has 1 atom stereocenters. The summed E-state index contributed by atoms with van der Waals surface area (Å²) < 4.78 is 0. The summed E-state index contributed by atoms with van der Waals surface area (Å²) in [6, 6.07) is 3.94. The summed E-state index contributed by atoms with van der Waals surface area (Å²) in [5, 5.41) is 14.5. The van der Waals surface area contributed by atoms with Crippen LogP contribution < -0.4 is 10.6 Å². The molecule has 96 valence electrons. The van der Waals surface area contributed by atoms with Crippen LogP contribution in [-0.4, -0.2) is 23.8 Å². The number of aliphatic hydroxyl groups excluding tert-OH is 1. The van der Waals surface area contributed by atoms with Gasteiger partial charge in [0.25, 0.3) is 0 Å². The lowest BCUT2D eigenvalue weighted by molar-refractivity contribution is 0.227. The maximum absolute atomic E-state index is 11.6. The van der Waals surface area contributed by atoms with Crippen LogP contribution in [0.3, 0.4) is 0 Å². The lowest BCUT2D eigenvalue weighted by atomic mass is 10.2. The molecule has 0 radical (unpaired) electrons. The van der Waals surface area contributed by atoms with Gasteiger partial charge in [0.2, 0.25) is 0 Å². The number of carbonyl (C=O) groups is 1. The lowest BCUT2D eigenvalue weighted by Crippen LogP contribution is -2.41. The number of carbonyl (C=O) groups excluding carboxylic acids is 1. The SMILES string of the molecule is CCC(CCO)NC(=O)NCc1ccc(C)s1. The summed E-state index contributed by atoms with van der Waals surface area (Å²) in [6.07, 6.45) is 1.42. The van der Waals surface area contributed by atoms with Crippen molar-refractivity contribution >= 4 is 17.4 Å². The van der Waals surface area contributed by atoms with Crippen molar-refractivity contribution in [2.24, 2.45) is 0 Å². The summed E-state index contributed by atoms with van der Waals surface area (Å²) in [5.74, 6) is 0. The average molecular weight is 256 g/mol. The van der Waals surface area contributed by atoms with E-state index in [-0.39, 0.29) is 18.7 Å². The van der Waals surface area contributed by atoms with Gasteiger partial charge < -0.3 is 15.7 Å². The summed E-state index contributed by atoms with van der Waals surface area (Å²) in [6.45, 7) is 4.69. The molecule has 1 aromatic rings. The molecule has 1 aromatic heterocycles. The summed E-state index contributed by atoms with van der Waals surface area (Å²) in [7, 11) is 0. The van der Waals surface area contributed by atoms with Gasteiger partial charge in [-0.2, -0.15) is 0 Å². The van der Waals surface area contributed by atoms with Crippen LogP contribution in [0.5, 0.6) is 0 Å². The van der Waals surface area contributed by atoms with E-state index in [9.17, 15) is 4.79 Å². The predicted octanol–water partition coefficient (Wildman–Crippen LogP) is 2.02. The second kappa shape index (κ2) is 7.29. The van der Waals surface area contributed by atoms with Gasteiger partial charge in [0.05, 0.1) is 6.54 Å². The quantitative estimate of drug-likeness (QED) is 0.729. The van der Waals surface area contributed by atoms with E-state index in [1.54, 1.807) is 11.3 Å². The molecule has 0 aliphatic carbocycles. The normalized spacial score (nSPS) is 12.2. The van der Waals surface area contributed by atoms with E-state index in [4.69, 9.17) is 5.11 Å². The Bertz CT molecular complexity index is 352. The van der Waals surface area contributed by atoms with Crippen LogP contribution in [0.15, 0.2) is 12.1 Å². The minimum Gasteiger partial charge on any atom is -0.396 e. The summed E-state index contributed by atoms with van der Waals surface area (Å²) in [5.41, 5.74) is 0. The molecular weight excluding hydrogens is 236 g/mol. The fourth-order valence-corrected chi connectivity index (χ4v) is 2.35. The van der Waals surface area contributed by atoms with Crippen LogP contribution in [0.4, 0.5) is 4.79 Å². The summed E-state index contributed by atoms with van der Waals surface area (Å²) in [4.78, 5) is 14.0. The van der Waals surface area contributed by atoms with Gasteiger partial charge in [0, 0.05) is 22.4 Å². The van der Waals surface area contributed by atoms with Crippen molar-refractivity contribution in [3.63, 3.8) is 0 Å². The molecule has 0 saturated heterocycles. The molecule has 0 aromatic carbocycles. The number of aryl methyl sites for hydroxylation is 1. The van der Waals surface area contributed by atoms with Crippen LogP contribution in [0, 0.1) is 6.92 Å². The van der Waals surface area contributed by atoms with Crippen molar-refractivity contribution < 1.29 is 9.90 Å². The van der Waals surface area contributed by atoms with Gasteiger partial charge >= 0.3 is 6.03 Å². The van der Waals surface area contributed by atoms with Crippen molar-refractivity contribution in [1.29, 1.82) is 0 Å². The monoisotopic (exact) mass is 256 g/mol. The molecule has 0 aliphatic heterocycles. The van der Waals surface area contributed by atoms with Gasteiger partial charge in [-0.25, -0.2) is 4.79 Å². The fraction of sp³-hybridized carbons (Fsp3) is 0.583. The molecule has 4 nitrogen and oxygen atoms in total. The number of amides is 2. The molecule has 0 bridgehead atoms. The molecule has 17 heavy (non-hydrogen) atoms. The Balaban J connectivity index is 2.29. The Morgan fingerprint density at radius 2 is 2.29 bits per heavy atom. The number of rotatable bonds is 6. The average Bonchev–Trinajstić information content (AvgIpc) is 2.72. The number of aliphatic hydroxyl groups is 1.